The van der Waals surface area contributed by atoms with E-state index in [1.165, 1.54) is 0 Å². The quantitative estimate of drug-likeness (QED) is 0.775. The second kappa shape index (κ2) is 4.74. The molecule has 0 spiro atoms. The monoisotopic (exact) mass is 227 g/mol. The molecule has 1 rings (SSSR count). The zero-order chi connectivity index (χ0) is 12.4. The van der Waals surface area contributed by atoms with Crippen LogP contribution in [0.5, 0.6) is 0 Å². The van der Waals surface area contributed by atoms with Crippen LogP contribution in [0.2, 0.25) is 0 Å². The molecule has 2 unspecified atom stereocenters. The molecule has 0 bridgehead atoms. The lowest BCUT2D eigenvalue weighted by Crippen LogP contribution is -2.45. The fraction of sp³-hybridized carbons (Fsp3) is 0.923. The minimum atomic E-state index is -0.118. The Labute approximate surface area is 98.6 Å². The first-order valence-electron chi connectivity index (χ1n) is 6.17. The van der Waals surface area contributed by atoms with Gasteiger partial charge in [0.2, 0.25) is 5.91 Å². The van der Waals surface area contributed by atoms with Crippen LogP contribution in [0.25, 0.3) is 0 Å². The van der Waals surface area contributed by atoms with Crippen LogP contribution < -0.4 is 5.32 Å². The summed E-state index contributed by atoms with van der Waals surface area (Å²) < 4.78 is 0. The Morgan fingerprint density at radius 3 is 2.62 bits per heavy atom. The lowest BCUT2D eigenvalue weighted by molar-refractivity contribution is -0.124. The topological polar surface area (TPSA) is 49.3 Å². The Hall–Kier alpha value is -0.570. The molecule has 2 atom stereocenters. The van der Waals surface area contributed by atoms with Crippen LogP contribution in [0.3, 0.4) is 0 Å². The zero-order valence-corrected chi connectivity index (χ0v) is 11.0. The third-order valence-corrected chi connectivity index (χ3v) is 3.47. The number of hydrogen-bond acceptors (Lipinski definition) is 2. The van der Waals surface area contributed by atoms with Gasteiger partial charge in [-0.15, -0.1) is 0 Å². The van der Waals surface area contributed by atoms with Crippen LogP contribution in [-0.2, 0) is 4.79 Å². The Morgan fingerprint density at radius 2 is 2.12 bits per heavy atom. The van der Waals surface area contributed by atoms with Gasteiger partial charge in [-0.1, -0.05) is 34.1 Å². The molecule has 0 radical (unpaired) electrons. The minimum Gasteiger partial charge on any atom is -0.396 e. The summed E-state index contributed by atoms with van der Waals surface area (Å²) in [5.74, 6) is 0.110. The van der Waals surface area contributed by atoms with E-state index >= 15 is 0 Å². The average molecular weight is 227 g/mol. The predicted molar refractivity (Wildman–Crippen MR) is 65.0 cm³/mol. The van der Waals surface area contributed by atoms with Crippen LogP contribution in [0, 0.1) is 10.8 Å². The van der Waals surface area contributed by atoms with Crippen LogP contribution in [-0.4, -0.2) is 23.7 Å². The van der Waals surface area contributed by atoms with Gasteiger partial charge in [0.1, 0.15) is 0 Å². The second-order valence-electron chi connectivity index (χ2n) is 6.56. The Bertz CT molecular complexity index is 257. The lowest BCUT2D eigenvalue weighted by Gasteiger charge is -2.31. The van der Waals surface area contributed by atoms with E-state index in [9.17, 15) is 9.90 Å². The van der Waals surface area contributed by atoms with Gasteiger partial charge in [0, 0.05) is 17.9 Å². The summed E-state index contributed by atoms with van der Waals surface area (Å²) in [7, 11) is 0. The Kier molecular flexibility index (Phi) is 4.00. The smallest absolute Gasteiger partial charge is 0.220 e. The molecule has 1 amide bonds. The van der Waals surface area contributed by atoms with Gasteiger partial charge in [-0.3, -0.25) is 4.79 Å². The van der Waals surface area contributed by atoms with E-state index in [4.69, 9.17) is 0 Å². The molecule has 0 aromatic carbocycles. The van der Waals surface area contributed by atoms with Crippen molar-refractivity contribution in [1.29, 1.82) is 0 Å². The van der Waals surface area contributed by atoms with Crippen LogP contribution in [0.1, 0.15) is 53.4 Å². The molecular formula is C13H25NO2. The largest absolute Gasteiger partial charge is 0.396 e. The molecule has 94 valence electrons. The van der Waals surface area contributed by atoms with E-state index in [1.54, 1.807) is 0 Å². The second-order valence-corrected chi connectivity index (χ2v) is 6.56. The number of aliphatic hydroxyl groups excluding tert-OH is 1. The summed E-state index contributed by atoms with van der Waals surface area (Å²) in [6.07, 6.45) is 3.64. The third kappa shape index (κ3) is 3.48. The normalized spacial score (nSPS) is 30.4. The van der Waals surface area contributed by atoms with Gasteiger partial charge >= 0.3 is 0 Å². The number of carbonyl (C=O) groups excluding carboxylic acids is 1. The van der Waals surface area contributed by atoms with Crippen molar-refractivity contribution in [2.45, 2.75) is 59.4 Å². The number of amides is 1. The van der Waals surface area contributed by atoms with Crippen molar-refractivity contribution in [3.05, 3.63) is 0 Å². The predicted octanol–water partition coefficient (Wildman–Crippen LogP) is 2.09. The standard InChI is InChI=1S/C13H25NO2/c1-12(2,3)8-11(16)14-10-6-5-7-13(10,4)9-15/h10,15H,5-9H2,1-4H3,(H,14,16). The maximum Gasteiger partial charge on any atom is 0.220 e. The Balaban J connectivity index is 2.51. The SMILES string of the molecule is CC(C)(C)CC(=O)NC1CCCC1(C)CO. The maximum absolute atomic E-state index is 11.8. The molecule has 0 saturated heterocycles. The number of nitrogens with one attached hydrogen (secondary N) is 1. The van der Waals surface area contributed by atoms with Gasteiger partial charge in [0.05, 0.1) is 6.61 Å². The highest BCUT2D eigenvalue weighted by molar-refractivity contribution is 5.77. The number of aliphatic hydroxyl groups is 1. The van der Waals surface area contributed by atoms with Gasteiger partial charge in [0.15, 0.2) is 0 Å². The number of rotatable bonds is 3. The first-order valence-corrected chi connectivity index (χ1v) is 6.17. The maximum atomic E-state index is 11.8. The highest BCUT2D eigenvalue weighted by Crippen LogP contribution is 2.37. The molecule has 1 aliphatic carbocycles. The van der Waals surface area contributed by atoms with Gasteiger partial charge in [-0.05, 0) is 18.3 Å². The fourth-order valence-electron chi connectivity index (χ4n) is 2.40. The van der Waals surface area contributed by atoms with Crippen molar-refractivity contribution >= 4 is 5.91 Å². The van der Waals surface area contributed by atoms with Gasteiger partial charge in [-0.25, -0.2) is 0 Å². The molecule has 16 heavy (non-hydrogen) atoms. The molecule has 3 heteroatoms. The van der Waals surface area contributed by atoms with E-state index in [1.807, 2.05) is 0 Å². The van der Waals surface area contributed by atoms with Crippen molar-refractivity contribution in [3.63, 3.8) is 0 Å². The number of carbonyl (C=O) groups is 1. The van der Waals surface area contributed by atoms with E-state index in [0.717, 1.165) is 19.3 Å². The summed E-state index contributed by atoms with van der Waals surface area (Å²) in [6, 6.07) is 0.146. The van der Waals surface area contributed by atoms with Crippen LogP contribution >= 0.6 is 0 Å². The molecule has 1 fully saturated rings. The highest BCUT2D eigenvalue weighted by Gasteiger charge is 2.39. The van der Waals surface area contributed by atoms with Crippen molar-refractivity contribution in [2.75, 3.05) is 6.61 Å². The minimum absolute atomic E-state index is 0.0261. The van der Waals surface area contributed by atoms with E-state index in [2.05, 4.69) is 33.0 Å². The summed E-state index contributed by atoms with van der Waals surface area (Å²) in [6.45, 7) is 8.40. The number of hydrogen-bond donors (Lipinski definition) is 2. The average Bonchev–Trinajstić information content (AvgIpc) is 2.45. The van der Waals surface area contributed by atoms with E-state index < -0.39 is 0 Å². The van der Waals surface area contributed by atoms with E-state index in [-0.39, 0.29) is 29.4 Å². The summed E-state index contributed by atoms with van der Waals surface area (Å²) >= 11 is 0. The summed E-state index contributed by atoms with van der Waals surface area (Å²) in [5, 5.41) is 12.5. The van der Waals surface area contributed by atoms with Crippen molar-refractivity contribution in [1.82, 2.24) is 5.32 Å². The highest BCUT2D eigenvalue weighted by atomic mass is 16.3. The Morgan fingerprint density at radius 1 is 1.50 bits per heavy atom. The van der Waals surface area contributed by atoms with Crippen LogP contribution in [0.4, 0.5) is 0 Å². The molecule has 1 saturated carbocycles. The van der Waals surface area contributed by atoms with Crippen molar-refractivity contribution in [2.24, 2.45) is 10.8 Å². The molecule has 3 nitrogen and oxygen atoms in total. The van der Waals surface area contributed by atoms with Gasteiger partial charge in [-0.2, -0.15) is 0 Å². The van der Waals surface area contributed by atoms with Crippen LogP contribution in [0.15, 0.2) is 0 Å². The first-order chi connectivity index (χ1) is 7.27. The molecule has 1 aliphatic rings. The molecule has 0 heterocycles. The van der Waals surface area contributed by atoms with E-state index in [0.29, 0.717) is 6.42 Å². The van der Waals surface area contributed by atoms with Gasteiger partial charge < -0.3 is 10.4 Å². The first kappa shape index (κ1) is 13.5. The lowest BCUT2D eigenvalue weighted by atomic mass is 9.85. The van der Waals surface area contributed by atoms with Crippen molar-refractivity contribution in [3.8, 4) is 0 Å². The van der Waals surface area contributed by atoms with Crippen molar-refractivity contribution < 1.29 is 9.90 Å². The fourth-order valence-corrected chi connectivity index (χ4v) is 2.40. The molecule has 2 N–H and O–H groups in total. The summed E-state index contributed by atoms with van der Waals surface area (Å²) in [4.78, 5) is 11.8. The molecular weight excluding hydrogens is 202 g/mol. The molecule has 0 aromatic heterocycles. The van der Waals surface area contributed by atoms with Gasteiger partial charge in [0.25, 0.3) is 0 Å². The third-order valence-electron chi connectivity index (χ3n) is 3.47. The molecule has 0 aliphatic heterocycles. The zero-order valence-electron chi connectivity index (χ0n) is 11.0. The summed E-state index contributed by atoms with van der Waals surface area (Å²) in [5.41, 5.74) is -0.0914. The molecule has 0 aromatic rings.